The van der Waals surface area contributed by atoms with Gasteiger partial charge < -0.3 is 18.1 Å². The first-order chi connectivity index (χ1) is 11.9. The molecule has 25 heavy (non-hydrogen) atoms. The molecule has 9 heteroatoms. The van der Waals surface area contributed by atoms with Crippen LogP contribution in [0.3, 0.4) is 0 Å². The molecule has 0 aromatic rings. The van der Waals surface area contributed by atoms with Gasteiger partial charge in [0.25, 0.3) is 0 Å². The third kappa shape index (κ3) is 4.95. The van der Waals surface area contributed by atoms with Crippen molar-refractivity contribution in [2.24, 2.45) is 11.8 Å². The van der Waals surface area contributed by atoms with Gasteiger partial charge in [-0.3, -0.25) is 14.4 Å². The molecule has 2 aliphatic rings. The van der Waals surface area contributed by atoms with E-state index in [9.17, 15) is 9.13 Å². The molecule has 1 unspecified atom stereocenters. The summed E-state index contributed by atoms with van der Waals surface area (Å²) in [5, 5.41) is 3.34. The standard InChI is InChI=1S/C16H33NO6P2/c1-5-20-24(18,21-6-2)16(25(19,22-7-3)23-8-4)17-15-12-13-9-10-14(15)11-13/h13-17H,5-12H2,1-4H3/t13-,14+,15?/m1/s1. The Labute approximate surface area is 151 Å². The monoisotopic (exact) mass is 397 g/mol. The van der Waals surface area contributed by atoms with Gasteiger partial charge in [-0.1, -0.05) is 6.42 Å². The van der Waals surface area contributed by atoms with Crippen molar-refractivity contribution in [3.8, 4) is 0 Å². The predicted octanol–water partition coefficient (Wildman–Crippen LogP) is 4.58. The minimum Gasteiger partial charge on any atom is -0.307 e. The van der Waals surface area contributed by atoms with Crippen LogP contribution >= 0.6 is 15.2 Å². The van der Waals surface area contributed by atoms with E-state index in [-0.39, 0.29) is 32.5 Å². The van der Waals surface area contributed by atoms with Crippen LogP contribution in [0.1, 0.15) is 53.4 Å². The van der Waals surface area contributed by atoms with E-state index in [0.29, 0.717) is 11.8 Å². The zero-order valence-corrected chi connectivity index (χ0v) is 17.6. The Kier molecular flexibility index (Phi) is 8.15. The quantitative estimate of drug-likeness (QED) is 0.483. The second kappa shape index (κ2) is 9.45. The predicted molar refractivity (Wildman–Crippen MR) is 97.9 cm³/mol. The maximum atomic E-state index is 13.5. The molecule has 1 N–H and O–H groups in total. The average molecular weight is 397 g/mol. The second-order valence-electron chi connectivity index (χ2n) is 6.57. The van der Waals surface area contributed by atoms with Crippen molar-refractivity contribution in [2.45, 2.75) is 64.9 Å². The van der Waals surface area contributed by atoms with E-state index in [1.54, 1.807) is 27.7 Å². The fourth-order valence-corrected chi connectivity index (χ4v) is 9.16. The Bertz CT molecular complexity index is 467. The Morgan fingerprint density at radius 2 is 1.32 bits per heavy atom. The van der Waals surface area contributed by atoms with E-state index in [1.165, 1.54) is 12.8 Å². The molecule has 2 aliphatic carbocycles. The van der Waals surface area contributed by atoms with Gasteiger partial charge in [-0.2, -0.15) is 0 Å². The summed E-state index contributed by atoms with van der Waals surface area (Å²) in [6.07, 6.45) is 4.57. The van der Waals surface area contributed by atoms with E-state index in [1.807, 2.05) is 0 Å². The molecular weight excluding hydrogens is 364 g/mol. The lowest BCUT2D eigenvalue weighted by Gasteiger charge is -2.35. The Morgan fingerprint density at radius 3 is 1.64 bits per heavy atom. The number of rotatable bonds is 12. The SMILES string of the molecule is CCOP(=O)(OCC)C(NC1C[C@@H]2CC[C@H]1C2)P(=O)(OCC)OCC. The number of hydrogen-bond donors (Lipinski definition) is 1. The smallest absolute Gasteiger partial charge is 0.307 e. The summed E-state index contributed by atoms with van der Waals surface area (Å²) in [7, 11) is -7.42. The summed E-state index contributed by atoms with van der Waals surface area (Å²) in [6.45, 7) is 7.77. The highest BCUT2D eigenvalue weighted by Gasteiger charge is 2.53. The zero-order chi connectivity index (χ0) is 18.5. The van der Waals surface area contributed by atoms with Crippen LogP contribution in [0, 0.1) is 11.8 Å². The van der Waals surface area contributed by atoms with Crippen LogP contribution in [-0.4, -0.2) is 38.0 Å². The molecule has 0 aromatic heterocycles. The third-order valence-corrected chi connectivity index (χ3v) is 10.6. The van der Waals surface area contributed by atoms with Crippen LogP contribution in [0.4, 0.5) is 0 Å². The Morgan fingerprint density at radius 1 is 0.840 bits per heavy atom. The summed E-state index contributed by atoms with van der Waals surface area (Å²) in [4.78, 5) is 0. The first kappa shape index (κ1) is 21.6. The number of fused-ring (bicyclic) bond motifs is 2. The van der Waals surface area contributed by atoms with E-state index >= 15 is 0 Å². The molecule has 2 fully saturated rings. The molecule has 0 amide bonds. The van der Waals surface area contributed by atoms with Gasteiger partial charge in [0.2, 0.25) is 5.52 Å². The average Bonchev–Trinajstić information content (AvgIpc) is 3.16. The first-order valence-corrected chi connectivity index (χ1v) is 12.7. The highest BCUT2D eigenvalue weighted by Crippen LogP contribution is 2.69. The highest BCUT2D eigenvalue weighted by atomic mass is 31.2. The lowest BCUT2D eigenvalue weighted by atomic mass is 9.96. The molecule has 3 atom stereocenters. The van der Waals surface area contributed by atoms with Crippen LogP contribution in [-0.2, 0) is 27.2 Å². The van der Waals surface area contributed by atoms with Gasteiger partial charge in [0.1, 0.15) is 0 Å². The Hall–Kier alpha value is 0.260. The summed E-state index contributed by atoms with van der Waals surface area (Å²) in [5.74, 6) is 1.21. The van der Waals surface area contributed by atoms with Crippen molar-refractivity contribution in [1.82, 2.24) is 5.32 Å². The molecular formula is C16H33NO6P2. The van der Waals surface area contributed by atoms with Gasteiger partial charge >= 0.3 is 15.2 Å². The van der Waals surface area contributed by atoms with E-state index < -0.39 is 20.7 Å². The molecule has 0 saturated heterocycles. The van der Waals surface area contributed by atoms with Crippen LogP contribution in [0.25, 0.3) is 0 Å². The normalized spacial score (nSPS) is 26.7. The van der Waals surface area contributed by atoms with Gasteiger partial charge in [0.05, 0.1) is 26.4 Å². The molecule has 0 aliphatic heterocycles. The fourth-order valence-electron chi connectivity index (χ4n) is 4.07. The van der Waals surface area contributed by atoms with Crippen molar-refractivity contribution in [2.75, 3.05) is 26.4 Å². The van der Waals surface area contributed by atoms with Crippen molar-refractivity contribution in [3.05, 3.63) is 0 Å². The highest BCUT2D eigenvalue weighted by molar-refractivity contribution is 7.72. The van der Waals surface area contributed by atoms with Crippen molar-refractivity contribution in [3.63, 3.8) is 0 Å². The third-order valence-electron chi connectivity index (χ3n) is 4.94. The van der Waals surface area contributed by atoms with E-state index in [2.05, 4.69) is 5.32 Å². The van der Waals surface area contributed by atoms with Gasteiger partial charge in [-0.25, -0.2) is 0 Å². The maximum Gasteiger partial charge on any atom is 0.359 e. The molecule has 0 spiro atoms. The minimum absolute atomic E-state index is 0.146. The van der Waals surface area contributed by atoms with Gasteiger partial charge in [-0.05, 0) is 58.8 Å². The second-order valence-corrected chi connectivity index (χ2v) is 11.2. The van der Waals surface area contributed by atoms with Crippen LogP contribution in [0.2, 0.25) is 0 Å². The van der Waals surface area contributed by atoms with E-state index in [0.717, 1.165) is 12.8 Å². The summed E-state index contributed by atoms with van der Waals surface area (Å²) in [6, 6.07) is 0.146. The molecule has 0 radical (unpaired) electrons. The molecule has 0 aromatic carbocycles. The molecule has 7 nitrogen and oxygen atoms in total. The molecule has 2 rings (SSSR count). The maximum absolute atomic E-state index is 13.5. The summed E-state index contributed by atoms with van der Waals surface area (Å²) in [5.41, 5.74) is -1.09. The van der Waals surface area contributed by atoms with Gasteiger partial charge in [0.15, 0.2) is 0 Å². The van der Waals surface area contributed by atoms with E-state index in [4.69, 9.17) is 18.1 Å². The van der Waals surface area contributed by atoms with Crippen molar-refractivity contribution in [1.29, 1.82) is 0 Å². The van der Waals surface area contributed by atoms with Gasteiger partial charge in [0, 0.05) is 6.04 Å². The Balaban J connectivity index is 2.31. The molecule has 0 heterocycles. The molecule has 148 valence electrons. The lowest BCUT2D eigenvalue weighted by Crippen LogP contribution is -2.42. The summed E-state index contributed by atoms with van der Waals surface area (Å²) < 4.78 is 48.9. The largest absolute Gasteiger partial charge is 0.359 e. The summed E-state index contributed by atoms with van der Waals surface area (Å²) >= 11 is 0. The van der Waals surface area contributed by atoms with Crippen LogP contribution in [0.5, 0.6) is 0 Å². The van der Waals surface area contributed by atoms with Crippen LogP contribution < -0.4 is 5.32 Å². The topological polar surface area (TPSA) is 83.1 Å². The van der Waals surface area contributed by atoms with Crippen LogP contribution in [0.15, 0.2) is 0 Å². The minimum atomic E-state index is -3.71. The molecule has 2 bridgehead atoms. The van der Waals surface area contributed by atoms with Crippen molar-refractivity contribution < 1.29 is 27.2 Å². The number of nitrogens with one attached hydrogen (secondary N) is 1. The fraction of sp³-hybridized carbons (Fsp3) is 1.00. The lowest BCUT2D eigenvalue weighted by molar-refractivity contribution is 0.184. The number of hydrogen-bond acceptors (Lipinski definition) is 7. The first-order valence-electron chi connectivity index (χ1n) is 9.46. The zero-order valence-electron chi connectivity index (χ0n) is 15.8. The van der Waals surface area contributed by atoms with Crippen molar-refractivity contribution >= 4 is 15.2 Å². The molecule has 2 saturated carbocycles. The van der Waals surface area contributed by atoms with Gasteiger partial charge in [-0.15, -0.1) is 0 Å².